The lowest BCUT2D eigenvalue weighted by Gasteiger charge is -2.31. The molecule has 0 aromatic carbocycles. The van der Waals surface area contributed by atoms with E-state index >= 15 is 0 Å². The molecule has 0 saturated carbocycles. The zero-order chi connectivity index (χ0) is 17.6. The Morgan fingerprint density at radius 2 is 2.16 bits per heavy atom. The van der Waals surface area contributed by atoms with Crippen LogP contribution in [0.4, 0.5) is 0 Å². The fourth-order valence-electron chi connectivity index (χ4n) is 3.34. The largest absolute Gasteiger partial charge is 0.343 e. The van der Waals surface area contributed by atoms with Crippen molar-refractivity contribution in [1.82, 2.24) is 34.4 Å². The van der Waals surface area contributed by atoms with Crippen molar-refractivity contribution >= 4 is 5.91 Å². The number of piperidine rings is 1. The standard InChI is InChI=1S/C17H25N7O/c1-3-5-6-16(25)22-9-7-14(8-10-22)17-21-20-15(24(17)4-2)11-23-13-18-12-19-23/h3,12-14H,1,4-11H2,2H3. The second-order valence-corrected chi connectivity index (χ2v) is 6.29. The Hall–Kier alpha value is -2.51. The summed E-state index contributed by atoms with van der Waals surface area (Å²) in [6.45, 7) is 8.75. The SMILES string of the molecule is C=CCCC(=O)N1CCC(c2nnc(Cn3cncn3)n2CC)CC1. The van der Waals surface area contributed by atoms with Gasteiger partial charge in [-0.15, -0.1) is 16.8 Å². The number of hydrogen-bond acceptors (Lipinski definition) is 5. The van der Waals surface area contributed by atoms with Crippen molar-refractivity contribution in [1.29, 1.82) is 0 Å². The number of hydrogen-bond donors (Lipinski definition) is 0. The van der Waals surface area contributed by atoms with Crippen LogP contribution in [0.5, 0.6) is 0 Å². The summed E-state index contributed by atoms with van der Waals surface area (Å²) in [4.78, 5) is 18.1. The van der Waals surface area contributed by atoms with E-state index in [-0.39, 0.29) is 5.91 Å². The van der Waals surface area contributed by atoms with Crippen LogP contribution in [-0.4, -0.2) is 53.4 Å². The van der Waals surface area contributed by atoms with Crippen molar-refractivity contribution in [2.24, 2.45) is 0 Å². The fourth-order valence-corrected chi connectivity index (χ4v) is 3.34. The molecule has 8 nitrogen and oxygen atoms in total. The maximum atomic E-state index is 12.1. The highest BCUT2D eigenvalue weighted by atomic mass is 16.2. The van der Waals surface area contributed by atoms with E-state index in [1.54, 1.807) is 17.1 Å². The lowest BCUT2D eigenvalue weighted by Crippen LogP contribution is -2.38. The van der Waals surface area contributed by atoms with Crippen molar-refractivity contribution in [2.45, 2.75) is 51.6 Å². The van der Waals surface area contributed by atoms with Gasteiger partial charge in [-0.1, -0.05) is 6.08 Å². The van der Waals surface area contributed by atoms with Crippen molar-refractivity contribution in [2.75, 3.05) is 13.1 Å². The fraction of sp³-hybridized carbons (Fsp3) is 0.588. The van der Waals surface area contributed by atoms with E-state index in [4.69, 9.17) is 0 Å². The summed E-state index contributed by atoms with van der Waals surface area (Å²) in [5.41, 5.74) is 0. The molecule has 134 valence electrons. The topological polar surface area (TPSA) is 81.7 Å². The van der Waals surface area contributed by atoms with Gasteiger partial charge < -0.3 is 9.47 Å². The molecule has 2 aromatic heterocycles. The van der Waals surface area contributed by atoms with E-state index in [1.807, 2.05) is 4.90 Å². The normalized spacial score (nSPS) is 15.5. The Balaban J connectivity index is 1.64. The Bertz CT molecular complexity index is 699. The van der Waals surface area contributed by atoms with Crippen molar-refractivity contribution < 1.29 is 4.79 Å². The van der Waals surface area contributed by atoms with Gasteiger partial charge in [-0.05, 0) is 26.2 Å². The molecule has 0 spiro atoms. The third kappa shape index (κ3) is 3.94. The van der Waals surface area contributed by atoms with Crippen LogP contribution < -0.4 is 0 Å². The number of nitrogens with zero attached hydrogens (tertiary/aromatic N) is 7. The van der Waals surface area contributed by atoms with Gasteiger partial charge in [-0.25, -0.2) is 9.67 Å². The predicted octanol–water partition coefficient (Wildman–Crippen LogP) is 1.61. The second kappa shape index (κ2) is 8.04. The number of carbonyl (C=O) groups excluding carboxylic acids is 1. The molecule has 3 heterocycles. The van der Waals surface area contributed by atoms with Gasteiger partial charge in [-0.2, -0.15) is 5.10 Å². The maximum absolute atomic E-state index is 12.1. The van der Waals surface area contributed by atoms with E-state index in [9.17, 15) is 4.79 Å². The molecule has 0 radical (unpaired) electrons. The van der Waals surface area contributed by atoms with E-state index in [0.29, 0.717) is 18.9 Å². The van der Waals surface area contributed by atoms with Gasteiger partial charge in [0.2, 0.25) is 5.91 Å². The zero-order valence-corrected chi connectivity index (χ0v) is 14.7. The minimum absolute atomic E-state index is 0.224. The van der Waals surface area contributed by atoms with Crippen LogP contribution in [0.2, 0.25) is 0 Å². The highest BCUT2D eigenvalue weighted by molar-refractivity contribution is 5.76. The summed E-state index contributed by atoms with van der Waals surface area (Å²) in [7, 11) is 0. The summed E-state index contributed by atoms with van der Waals surface area (Å²) in [6.07, 6.45) is 8.16. The van der Waals surface area contributed by atoms with Crippen molar-refractivity contribution in [3.05, 3.63) is 37.0 Å². The number of rotatable bonds is 7. The minimum Gasteiger partial charge on any atom is -0.343 e. The van der Waals surface area contributed by atoms with Gasteiger partial charge in [0.1, 0.15) is 25.0 Å². The van der Waals surface area contributed by atoms with Crippen LogP contribution in [0.25, 0.3) is 0 Å². The summed E-state index contributed by atoms with van der Waals surface area (Å²) in [5, 5.41) is 12.9. The molecule has 0 N–H and O–H groups in total. The number of allylic oxidation sites excluding steroid dienone is 1. The molecule has 1 saturated heterocycles. The molecule has 1 fully saturated rings. The quantitative estimate of drug-likeness (QED) is 0.713. The zero-order valence-electron chi connectivity index (χ0n) is 14.7. The molecule has 3 rings (SSSR count). The molecule has 0 bridgehead atoms. The van der Waals surface area contributed by atoms with Crippen LogP contribution in [0.3, 0.4) is 0 Å². The number of likely N-dealkylation sites (tertiary alicyclic amines) is 1. The first-order valence-electron chi connectivity index (χ1n) is 8.86. The van der Waals surface area contributed by atoms with E-state index in [2.05, 4.69) is 38.3 Å². The summed E-state index contributed by atoms with van der Waals surface area (Å²) < 4.78 is 3.92. The molecule has 1 aliphatic heterocycles. The van der Waals surface area contributed by atoms with E-state index in [0.717, 1.165) is 50.5 Å². The average Bonchev–Trinajstić information content (AvgIpc) is 3.29. The van der Waals surface area contributed by atoms with Crippen LogP contribution in [0, 0.1) is 0 Å². The van der Waals surface area contributed by atoms with Crippen molar-refractivity contribution in [3.63, 3.8) is 0 Å². The van der Waals surface area contributed by atoms with Gasteiger partial charge in [0.25, 0.3) is 0 Å². The predicted molar refractivity (Wildman–Crippen MR) is 92.8 cm³/mol. The van der Waals surface area contributed by atoms with Gasteiger partial charge >= 0.3 is 0 Å². The highest BCUT2D eigenvalue weighted by Crippen LogP contribution is 2.27. The van der Waals surface area contributed by atoms with E-state index < -0.39 is 0 Å². The van der Waals surface area contributed by atoms with Gasteiger partial charge in [0.05, 0.1) is 0 Å². The average molecular weight is 343 g/mol. The second-order valence-electron chi connectivity index (χ2n) is 6.29. The van der Waals surface area contributed by atoms with Gasteiger partial charge in [0, 0.05) is 32.0 Å². The van der Waals surface area contributed by atoms with Crippen LogP contribution in [0.15, 0.2) is 25.3 Å². The summed E-state index contributed by atoms with van der Waals surface area (Å²) in [6, 6.07) is 0. The summed E-state index contributed by atoms with van der Waals surface area (Å²) in [5.74, 6) is 2.49. The van der Waals surface area contributed by atoms with Crippen LogP contribution in [0.1, 0.15) is 50.2 Å². The Morgan fingerprint density at radius 3 is 2.80 bits per heavy atom. The van der Waals surface area contributed by atoms with Crippen LogP contribution in [-0.2, 0) is 17.9 Å². The lowest BCUT2D eigenvalue weighted by atomic mass is 9.95. The molecule has 0 aliphatic carbocycles. The Labute approximate surface area is 147 Å². The maximum Gasteiger partial charge on any atom is 0.222 e. The molecule has 0 atom stereocenters. The number of carbonyl (C=O) groups is 1. The number of aromatic nitrogens is 6. The van der Waals surface area contributed by atoms with Crippen LogP contribution >= 0.6 is 0 Å². The lowest BCUT2D eigenvalue weighted by molar-refractivity contribution is -0.132. The van der Waals surface area contributed by atoms with E-state index in [1.165, 1.54) is 6.33 Å². The molecule has 1 amide bonds. The third-order valence-electron chi connectivity index (χ3n) is 4.72. The van der Waals surface area contributed by atoms with Gasteiger partial charge in [0.15, 0.2) is 5.82 Å². The number of amides is 1. The molecule has 25 heavy (non-hydrogen) atoms. The van der Waals surface area contributed by atoms with Crippen molar-refractivity contribution in [3.8, 4) is 0 Å². The third-order valence-corrected chi connectivity index (χ3v) is 4.72. The highest BCUT2D eigenvalue weighted by Gasteiger charge is 2.27. The summed E-state index contributed by atoms with van der Waals surface area (Å²) >= 11 is 0. The first-order valence-corrected chi connectivity index (χ1v) is 8.86. The van der Waals surface area contributed by atoms with Gasteiger partial charge in [-0.3, -0.25) is 4.79 Å². The molecular weight excluding hydrogens is 318 g/mol. The molecule has 1 aliphatic rings. The molecular formula is C17H25N7O. The monoisotopic (exact) mass is 343 g/mol. The first-order chi connectivity index (χ1) is 12.2. The first kappa shape index (κ1) is 17.3. The Kier molecular flexibility index (Phi) is 5.57. The molecule has 0 unspecified atom stereocenters. The Morgan fingerprint density at radius 1 is 1.36 bits per heavy atom. The molecule has 2 aromatic rings. The minimum atomic E-state index is 0.224. The smallest absolute Gasteiger partial charge is 0.222 e. The molecule has 8 heteroatoms.